The molecular weight excluding hydrogens is 268 g/mol. The fraction of sp³-hybridized carbons (Fsp3) is 0.875. The Hall–Kier alpha value is -1.10. The van der Waals surface area contributed by atoms with Crippen LogP contribution in [0.15, 0.2) is 0 Å². The number of hydrogen-bond acceptors (Lipinski definition) is 3. The third-order valence-corrected chi connectivity index (χ3v) is 4.28. The van der Waals surface area contributed by atoms with E-state index in [0.29, 0.717) is 38.5 Å². The molecule has 2 N–H and O–H groups in total. The highest BCUT2D eigenvalue weighted by Crippen LogP contribution is 2.17. The Kier molecular flexibility index (Phi) is 8.35. The molecule has 5 heteroatoms. The van der Waals surface area contributed by atoms with E-state index in [1.807, 2.05) is 0 Å². The topological polar surface area (TPSA) is 69.6 Å². The molecule has 1 aliphatic rings. The number of aliphatic carboxylic acids is 1. The molecule has 0 aromatic rings. The number of rotatable bonds is 9. The number of piperidine rings is 1. The zero-order valence-corrected chi connectivity index (χ0v) is 13.4. The van der Waals surface area contributed by atoms with Crippen molar-refractivity contribution in [2.24, 2.45) is 5.92 Å². The van der Waals surface area contributed by atoms with Gasteiger partial charge in [0.25, 0.3) is 0 Å². The van der Waals surface area contributed by atoms with Crippen LogP contribution in [0.4, 0.5) is 0 Å². The van der Waals surface area contributed by atoms with E-state index >= 15 is 0 Å². The summed E-state index contributed by atoms with van der Waals surface area (Å²) >= 11 is 0. The molecule has 0 spiro atoms. The summed E-state index contributed by atoms with van der Waals surface area (Å²) in [6.07, 6.45) is 6.88. The Morgan fingerprint density at radius 1 is 1.19 bits per heavy atom. The first kappa shape index (κ1) is 18.0. The highest BCUT2D eigenvalue weighted by molar-refractivity contribution is 5.79. The van der Waals surface area contributed by atoms with Crippen molar-refractivity contribution in [1.29, 1.82) is 0 Å². The average Bonchev–Trinajstić information content (AvgIpc) is 2.49. The number of carbonyl (C=O) groups is 2. The van der Waals surface area contributed by atoms with E-state index in [0.717, 1.165) is 19.3 Å². The summed E-state index contributed by atoms with van der Waals surface area (Å²) in [5.41, 5.74) is 0. The van der Waals surface area contributed by atoms with Crippen LogP contribution in [0.5, 0.6) is 0 Å². The molecule has 1 aliphatic heterocycles. The number of nitrogens with zero attached hydrogens (tertiary/aromatic N) is 1. The van der Waals surface area contributed by atoms with Gasteiger partial charge in [-0.25, -0.2) is 0 Å². The lowest BCUT2D eigenvalue weighted by Gasteiger charge is -2.30. The van der Waals surface area contributed by atoms with E-state index in [9.17, 15) is 9.59 Å². The lowest BCUT2D eigenvalue weighted by Crippen LogP contribution is -2.45. The number of amides is 1. The fourth-order valence-electron chi connectivity index (χ4n) is 2.87. The predicted molar refractivity (Wildman–Crippen MR) is 83.2 cm³/mol. The van der Waals surface area contributed by atoms with Gasteiger partial charge in [-0.15, -0.1) is 0 Å². The third-order valence-electron chi connectivity index (χ3n) is 4.28. The first-order chi connectivity index (χ1) is 10.1. The van der Waals surface area contributed by atoms with Crippen molar-refractivity contribution in [1.82, 2.24) is 10.2 Å². The molecule has 122 valence electrons. The maximum Gasteiger partial charge on any atom is 0.306 e. The molecule has 0 aromatic heterocycles. The van der Waals surface area contributed by atoms with Crippen molar-refractivity contribution < 1.29 is 14.7 Å². The first-order valence-electron chi connectivity index (χ1n) is 8.32. The molecule has 1 unspecified atom stereocenters. The lowest BCUT2D eigenvalue weighted by atomic mass is 9.97. The SMILES string of the molecule is CCCCC(CCC)NCC(=O)N1CCC(C(=O)O)CC1. The van der Waals surface area contributed by atoms with E-state index in [1.165, 1.54) is 12.8 Å². The highest BCUT2D eigenvalue weighted by atomic mass is 16.4. The quantitative estimate of drug-likeness (QED) is 0.685. The Morgan fingerprint density at radius 3 is 2.38 bits per heavy atom. The third kappa shape index (κ3) is 6.46. The van der Waals surface area contributed by atoms with Gasteiger partial charge in [0.1, 0.15) is 0 Å². The number of likely N-dealkylation sites (tertiary alicyclic amines) is 1. The summed E-state index contributed by atoms with van der Waals surface area (Å²) in [7, 11) is 0. The van der Waals surface area contributed by atoms with E-state index in [2.05, 4.69) is 19.2 Å². The van der Waals surface area contributed by atoms with Crippen LogP contribution in [0.1, 0.15) is 58.8 Å². The number of unbranched alkanes of at least 4 members (excludes halogenated alkanes) is 1. The van der Waals surface area contributed by atoms with Crippen LogP contribution >= 0.6 is 0 Å². The maximum atomic E-state index is 12.2. The van der Waals surface area contributed by atoms with E-state index < -0.39 is 5.97 Å². The minimum absolute atomic E-state index is 0.108. The summed E-state index contributed by atoms with van der Waals surface area (Å²) in [5.74, 6) is -0.904. The van der Waals surface area contributed by atoms with Gasteiger partial charge in [-0.1, -0.05) is 33.1 Å². The van der Waals surface area contributed by atoms with Crippen molar-refractivity contribution in [3.05, 3.63) is 0 Å². The van der Waals surface area contributed by atoms with Gasteiger partial charge in [-0.3, -0.25) is 9.59 Å². The number of carboxylic acid groups (broad SMARTS) is 1. The summed E-state index contributed by atoms with van der Waals surface area (Å²) in [6.45, 7) is 5.88. The number of carboxylic acids is 1. The molecule has 0 aromatic carbocycles. The summed E-state index contributed by atoms with van der Waals surface area (Å²) in [5, 5.41) is 12.3. The number of carbonyl (C=O) groups excluding carboxylic acids is 1. The van der Waals surface area contributed by atoms with Crippen molar-refractivity contribution in [3.8, 4) is 0 Å². The Bertz CT molecular complexity index is 325. The van der Waals surface area contributed by atoms with Crippen LogP contribution < -0.4 is 5.32 Å². The molecule has 0 bridgehead atoms. The second kappa shape index (κ2) is 9.77. The van der Waals surface area contributed by atoms with Gasteiger partial charge in [0.15, 0.2) is 0 Å². The molecule has 1 fully saturated rings. The zero-order chi connectivity index (χ0) is 15.7. The molecule has 1 saturated heterocycles. The van der Waals surface area contributed by atoms with Gasteiger partial charge >= 0.3 is 5.97 Å². The molecule has 1 atom stereocenters. The second-order valence-corrected chi connectivity index (χ2v) is 6.00. The van der Waals surface area contributed by atoms with Crippen LogP contribution in [0.2, 0.25) is 0 Å². The standard InChI is InChI=1S/C16H30N2O3/c1-3-5-7-14(6-4-2)17-12-15(19)18-10-8-13(9-11-18)16(20)21/h13-14,17H,3-12H2,1-2H3,(H,20,21). The van der Waals surface area contributed by atoms with Gasteiger partial charge in [0, 0.05) is 19.1 Å². The predicted octanol–water partition coefficient (Wildman–Crippen LogP) is 2.26. The molecule has 21 heavy (non-hydrogen) atoms. The molecule has 0 aliphatic carbocycles. The van der Waals surface area contributed by atoms with Crippen LogP contribution in [-0.2, 0) is 9.59 Å². The lowest BCUT2D eigenvalue weighted by molar-refractivity contribution is -0.145. The van der Waals surface area contributed by atoms with Gasteiger partial charge < -0.3 is 15.3 Å². The molecule has 1 heterocycles. The first-order valence-corrected chi connectivity index (χ1v) is 8.32. The van der Waals surface area contributed by atoms with Gasteiger partial charge in [-0.05, 0) is 25.7 Å². The monoisotopic (exact) mass is 298 g/mol. The average molecular weight is 298 g/mol. The van der Waals surface area contributed by atoms with Crippen molar-refractivity contribution in [3.63, 3.8) is 0 Å². The van der Waals surface area contributed by atoms with E-state index in [1.54, 1.807) is 4.90 Å². The zero-order valence-electron chi connectivity index (χ0n) is 13.4. The number of nitrogens with one attached hydrogen (secondary N) is 1. The molecule has 5 nitrogen and oxygen atoms in total. The Balaban J connectivity index is 2.30. The molecule has 0 radical (unpaired) electrons. The molecule has 0 saturated carbocycles. The van der Waals surface area contributed by atoms with Crippen molar-refractivity contribution >= 4 is 11.9 Å². The molecule has 1 amide bonds. The van der Waals surface area contributed by atoms with Crippen LogP contribution in [0.3, 0.4) is 0 Å². The summed E-state index contributed by atoms with van der Waals surface area (Å²) < 4.78 is 0. The second-order valence-electron chi connectivity index (χ2n) is 6.00. The minimum atomic E-state index is -0.734. The Labute approximate surface area is 128 Å². The van der Waals surface area contributed by atoms with E-state index in [4.69, 9.17) is 5.11 Å². The molecule has 1 rings (SSSR count). The van der Waals surface area contributed by atoms with Crippen LogP contribution in [-0.4, -0.2) is 47.6 Å². The van der Waals surface area contributed by atoms with Gasteiger partial charge in [0.2, 0.25) is 5.91 Å². The minimum Gasteiger partial charge on any atom is -0.481 e. The fourth-order valence-corrected chi connectivity index (χ4v) is 2.87. The van der Waals surface area contributed by atoms with Crippen LogP contribution in [0.25, 0.3) is 0 Å². The van der Waals surface area contributed by atoms with Crippen molar-refractivity contribution in [2.45, 2.75) is 64.8 Å². The summed E-state index contributed by atoms with van der Waals surface area (Å²) in [4.78, 5) is 24.9. The Morgan fingerprint density at radius 2 is 1.86 bits per heavy atom. The van der Waals surface area contributed by atoms with Crippen LogP contribution in [0, 0.1) is 5.92 Å². The normalized spacial score (nSPS) is 17.7. The van der Waals surface area contributed by atoms with Gasteiger partial charge in [0.05, 0.1) is 12.5 Å². The van der Waals surface area contributed by atoms with Crippen molar-refractivity contribution in [2.75, 3.05) is 19.6 Å². The maximum absolute atomic E-state index is 12.2. The highest BCUT2D eigenvalue weighted by Gasteiger charge is 2.26. The van der Waals surface area contributed by atoms with Gasteiger partial charge in [-0.2, -0.15) is 0 Å². The summed E-state index contributed by atoms with van der Waals surface area (Å²) in [6, 6.07) is 0.426. The smallest absolute Gasteiger partial charge is 0.306 e. The van der Waals surface area contributed by atoms with E-state index in [-0.39, 0.29) is 11.8 Å². The largest absolute Gasteiger partial charge is 0.481 e. The molecular formula is C16H30N2O3. The number of hydrogen-bond donors (Lipinski definition) is 2.